The fraction of sp³-hybridized carbons (Fsp3) is 0.417. The number of piperidine rings is 1. The van der Waals surface area contributed by atoms with E-state index in [1.807, 2.05) is 53.4 Å². The van der Waals surface area contributed by atoms with Gasteiger partial charge in [0.2, 0.25) is 5.91 Å². The van der Waals surface area contributed by atoms with Crippen molar-refractivity contribution in [2.75, 3.05) is 36.9 Å². The molecule has 0 bridgehead atoms. The Morgan fingerprint density at radius 2 is 1.80 bits per heavy atom. The summed E-state index contributed by atoms with van der Waals surface area (Å²) in [5.74, 6) is 1.37. The topological polar surface area (TPSA) is 70.7 Å². The third-order valence-corrected chi connectivity index (χ3v) is 5.24. The summed E-state index contributed by atoms with van der Waals surface area (Å²) in [6.45, 7) is 6.69. The third kappa shape index (κ3) is 6.24. The number of hydrogen-bond donors (Lipinski definition) is 2. The highest BCUT2D eigenvalue weighted by Crippen LogP contribution is 2.20. The van der Waals surface area contributed by atoms with Crippen LogP contribution in [0.25, 0.3) is 0 Å². The van der Waals surface area contributed by atoms with E-state index in [1.54, 1.807) is 0 Å². The summed E-state index contributed by atoms with van der Waals surface area (Å²) in [6, 6.07) is 14.7. The standard InChI is InChI=1S/C24H31N3O3/c1-3-15-30-22-9-7-20(8-10-22)26-23(28)17-25-21-6-4-5-19(16-21)24(29)27-13-11-18(2)12-14-27/h4-10,16,18,25H,3,11-15,17H2,1-2H3,(H,26,28). The number of anilines is 2. The summed E-state index contributed by atoms with van der Waals surface area (Å²) in [6.07, 6.45) is 3.05. The van der Waals surface area contributed by atoms with Crippen LogP contribution in [0, 0.1) is 5.92 Å². The van der Waals surface area contributed by atoms with Crippen molar-refractivity contribution in [3.05, 3.63) is 54.1 Å². The lowest BCUT2D eigenvalue weighted by molar-refractivity contribution is -0.114. The first-order valence-corrected chi connectivity index (χ1v) is 10.7. The van der Waals surface area contributed by atoms with Gasteiger partial charge in [0.25, 0.3) is 5.91 Å². The molecule has 6 nitrogen and oxygen atoms in total. The maximum atomic E-state index is 12.7. The predicted molar refractivity (Wildman–Crippen MR) is 120 cm³/mol. The second kappa shape index (κ2) is 10.7. The molecule has 0 atom stereocenters. The van der Waals surface area contributed by atoms with Crippen LogP contribution in [0.4, 0.5) is 11.4 Å². The van der Waals surface area contributed by atoms with Crippen molar-refractivity contribution in [1.82, 2.24) is 4.90 Å². The quantitative estimate of drug-likeness (QED) is 0.678. The first-order chi connectivity index (χ1) is 14.5. The second-order valence-electron chi connectivity index (χ2n) is 7.83. The van der Waals surface area contributed by atoms with Crippen molar-refractivity contribution in [2.45, 2.75) is 33.1 Å². The Morgan fingerprint density at radius 1 is 1.07 bits per heavy atom. The summed E-state index contributed by atoms with van der Waals surface area (Å²) >= 11 is 0. The van der Waals surface area contributed by atoms with Crippen LogP contribution in [0.2, 0.25) is 0 Å². The van der Waals surface area contributed by atoms with Crippen LogP contribution in [0.1, 0.15) is 43.5 Å². The lowest BCUT2D eigenvalue weighted by Gasteiger charge is -2.30. The molecule has 2 aromatic carbocycles. The lowest BCUT2D eigenvalue weighted by atomic mass is 9.98. The van der Waals surface area contributed by atoms with Crippen molar-refractivity contribution in [2.24, 2.45) is 5.92 Å². The van der Waals surface area contributed by atoms with Gasteiger partial charge in [0.1, 0.15) is 5.75 Å². The molecule has 0 aliphatic carbocycles. The zero-order chi connectivity index (χ0) is 21.3. The molecular weight excluding hydrogens is 378 g/mol. The van der Waals surface area contributed by atoms with Crippen LogP contribution in [0.5, 0.6) is 5.75 Å². The van der Waals surface area contributed by atoms with Crippen LogP contribution in [0.15, 0.2) is 48.5 Å². The number of nitrogens with zero attached hydrogens (tertiary/aromatic N) is 1. The fourth-order valence-electron chi connectivity index (χ4n) is 3.40. The van der Waals surface area contributed by atoms with Crippen molar-refractivity contribution in [3.8, 4) is 5.75 Å². The minimum atomic E-state index is -0.154. The van der Waals surface area contributed by atoms with Gasteiger partial charge in [-0.2, -0.15) is 0 Å². The van der Waals surface area contributed by atoms with Crippen LogP contribution < -0.4 is 15.4 Å². The first-order valence-electron chi connectivity index (χ1n) is 10.7. The Hall–Kier alpha value is -3.02. The van der Waals surface area contributed by atoms with Gasteiger partial charge in [-0.15, -0.1) is 0 Å². The molecule has 1 aliphatic rings. The molecule has 1 fully saturated rings. The smallest absolute Gasteiger partial charge is 0.253 e. The van der Waals surface area contributed by atoms with E-state index >= 15 is 0 Å². The minimum Gasteiger partial charge on any atom is -0.494 e. The largest absolute Gasteiger partial charge is 0.494 e. The van der Waals surface area contributed by atoms with Gasteiger partial charge in [-0.3, -0.25) is 9.59 Å². The van der Waals surface area contributed by atoms with Gasteiger partial charge >= 0.3 is 0 Å². The molecule has 0 saturated carbocycles. The highest BCUT2D eigenvalue weighted by atomic mass is 16.5. The monoisotopic (exact) mass is 409 g/mol. The first kappa shape index (κ1) is 21.7. The molecule has 30 heavy (non-hydrogen) atoms. The summed E-state index contributed by atoms with van der Waals surface area (Å²) in [5.41, 5.74) is 2.12. The number of hydrogen-bond acceptors (Lipinski definition) is 4. The summed E-state index contributed by atoms with van der Waals surface area (Å²) in [7, 11) is 0. The molecule has 1 aliphatic heterocycles. The van der Waals surface area contributed by atoms with E-state index in [9.17, 15) is 9.59 Å². The molecule has 3 rings (SSSR count). The van der Waals surface area contributed by atoms with E-state index in [0.29, 0.717) is 23.8 Å². The van der Waals surface area contributed by atoms with E-state index in [-0.39, 0.29) is 18.4 Å². The molecule has 1 saturated heterocycles. The number of carbonyl (C=O) groups is 2. The van der Waals surface area contributed by atoms with Gasteiger partial charge in [0.05, 0.1) is 13.2 Å². The Kier molecular flexibility index (Phi) is 7.71. The Balaban J connectivity index is 1.50. The molecule has 0 unspecified atom stereocenters. The maximum absolute atomic E-state index is 12.7. The van der Waals surface area contributed by atoms with Crippen molar-refractivity contribution < 1.29 is 14.3 Å². The molecule has 0 aromatic heterocycles. The highest BCUT2D eigenvalue weighted by Gasteiger charge is 2.21. The van der Waals surface area contributed by atoms with E-state index in [2.05, 4.69) is 24.5 Å². The molecular formula is C24H31N3O3. The summed E-state index contributed by atoms with van der Waals surface area (Å²) < 4.78 is 5.54. The van der Waals surface area contributed by atoms with Gasteiger partial charge in [0, 0.05) is 30.0 Å². The van der Waals surface area contributed by atoms with Gasteiger partial charge in [-0.05, 0) is 67.6 Å². The van der Waals surface area contributed by atoms with Gasteiger partial charge < -0.3 is 20.3 Å². The third-order valence-electron chi connectivity index (χ3n) is 5.24. The fourth-order valence-corrected chi connectivity index (χ4v) is 3.40. The molecule has 2 amide bonds. The van der Waals surface area contributed by atoms with Crippen LogP contribution in [-0.4, -0.2) is 43.0 Å². The number of carbonyl (C=O) groups excluding carboxylic acids is 2. The maximum Gasteiger partial charge on any atom is 0.253 e. The number of nitrogens with one attached hydrogen (secondary N) is 2. The zero-order valence-electron chi connectivity index (χ0n) is 17.8. The number of amides is 2. The molecule has 160 valence electrons. The van der Waals surface area contributed by atoms with Crippen molar-refractivity contribution >= 4 is 23.2 Å². The van der Waals surface area contributed by atoms with E-state index in [0.717, 1.165) is 43.8 Å². The van der Waals surface area contributed by atoms with E-state index < -0.39 is 0 Å². The second-order valence-corrected chi connectivity index (χ2v) is 7.83. The molecule has 0 spiro atoms. The normalized spacial score (nSPS) is 14.3. The SMILES string of the molecule is CCCOc1ccc(NC(=O)CNc2cccc(C(=O)N3CCC(C)CC3)c2)cc1. The van der Waals surface area contributed by atoms with E-state index in [4.69, 9.17) is 4.74 Å². The average molecular weight is 410 g/mol. The van der Waals surface area contributed by atoms with Gasteiger partial charge in [-0.25, -0.2) is 0 Å². The van der Waals surface area contributed by atoms with Crippen LogP contribution >= 0.6 is 0 Å². The van der Waals surface area contributed by atoms with Crippen LogP contribution in [-0.2, 0) is 4.79 Å². The lowest BCUT2D eigenvalue weighted by Crippen LogP contribution is -2.37. The van der Waals surface area contributed by atoms with Gasteiger partial charge in [0.15, 0.2) is 0 Å². The van der Waals surface area contributed by atoms with E-state index in [1.165, 1.54) is 0 Å². The molecule has 0 radical (unpaired) electrons. The molecule has 6 heteroatoms. The minimum absolute atomic E-state index is 0.0559. The van der Waals surface area contributed by atoms with Crippen molar-refractivity contribution in [1.29, 1.82) is 0 Å². The van der Waals surface area contributed by atoms with Crippen molar-refractivity contribution in [3.63, 3.8) is 0 Å². The molecule has 2 N–H and O–H groups in total. The zero-order valence-corrected chi connectivity index (χ0v) is 17.8. The summed E-state index contributed by atoms with van der Waals surface area (Å²) in [5, 5.41) is 5.96. The highest BCUT2D eigenvalue weighted by molar-refractivity contribution is 5.96. The average Bonchev–Trinajstić information content (AvgIpc) is 2.77. The molecule has 2 aromatic rings. The Morgan fingerprint density at radius 3 is 2.50 bits per heavy atom. The predicted octanol–water partition coefficient (Wildman–Crippen LogP) is 4.40. The Labute approximate surface area is 178 Å². The number of benzene rings is 2. The number of rotatable bonds is 8. The van der Waals surface area contributed by atoms with Crippen LogP contribution in [0.3, 0.4) is 0 Å². The number of ether oxygens (including phenoxy) is 1. The molecule has 1 heterocycles. The number of likely N-dealkylation sites (tertiary alicyclic amines) is 1. The summed E-state index contributed by atoms with van der Waals surface area (Å²) in [4.78, 5) is 26.9. The van der Waals surface area contributed by atoms with Gasteiger partial charge in [-0.1, -0.05) is 19.9 Å². The Bertz CT molecular complexity index is 843.